The Morgan fingerprint density at radius 3 is 2.73 bits per heavy atom. The van der Waals surface area contributed by atoms with Crippen LogP contribution >= 0.6 is 0 Å². The zero-order chi connectivity index (χ0) is 16.1. The molecule has 0 radical (unpaired) electrons. The number of esters is 1. The summed E-state index contributed by atoms with van der Waals surface area (Å²) in [6, 6.07) is -0.288. The van der Waals surface area contributed by atoms with E-state index in [9.17, 15) is 4.79 Å². The number of rotatable bonds is 2. The van der Waals surface area contributed by atoms with Crippen LogP contribution in [0.3, 0.4) is 0 Å². The van der Waals surface area contributed by atoms with Gasteiger partial charge in [-0.1, -0.05) is 11.2 Å². The molecule has 0 bridgehead atoms. The van der Waals surface area contributed by atoms with Gasteiger partial charge in [-0.25, -0.2) is 0 Å². The molecule has 116 valence electrons. The molecule has 2 atom stereocenters. The van der Waals surface area contributed by atoms with Gasteiger partial charge in [0, 0.05) is 11.3 Å². The zero-order valence-corrected chi connectivity index (χ0v) is 13.4. The number of hydrogen-bond donors (Lipinski definition) is 1. The molecule has 0 saturated carbocycles. The van der Waals surface area contributed by atoms with Gasteiger partial charge >= 0.3 is 5.97 Å². The Labute approximate surface area is 128 Å². The van der Waals surface area contributed by atoms with Gasteiger partial charge in [0.05, 0.1) is 18.6 Å². The molecule has 3 rings (SSSR count). The summed E-state index contributed by atoms with van der Waals surface area (Å²) in [6.07, 6.45) is 3.91. The van der Waals surface area contributed by atoms with Gasteiger partial charge in [0.25, 0.3) is 0 Å². The maximum atomic E-state index is 12.4. The fourth-order valence-electron chi connectivity index (χ4n) is 3.19. The lowest BCUT2D eigenvalue weighted by Crippen LogP contribution is -2.41. The fourth-order valence-corrected chi connectivity index (χ4v) is 3.19. The first-order valence-electron chi connectivity index (χ1n) is 7.14. The fraction of sp³-hybridized carbons (Fsp3) is 0.438. The summed E-state index contributed by atoms with van der Waals surface area (Å²) < 4.78 is 10.3. The second-order valence-corrected chi connectivity index (χ2v) is 5.91. The first-order chi connectivity index (χ1) is 10.4. The Hall–Kier alpha value is -2.37. The first kappa shape index (κ1) is 14.6. The number of fused-ring (bicyclic) bond motifs is 1. The minimum Gasteiger partial charge on any atom is -0.468 e. The van der Waals surface area contributed by atoms with E-state index in [-0.39, 0.29) is 12.0 Å². The van der Waals surface area contributed by atoms with Crippen LogP contribution in [0.2, 0.25) is 0 Å². The monoisotopic (exact) mass is 301 g/mol. The molecule has 6 nitrogen and oxygen atoms in total. The molecule has 6 heteroatoms. The third-order valence-electron chi connectivity index (χ3n) is 4.22. The molecule has 0 fully saturated rings. The lowest BCUT2D eigenvalue weighted by molar-refractivity contribution is -0.149. The largest absolute Gasteiger partial charge is 0.468 e. The van der Waals surface area contributed by atoms with Crippen molar-refractivity contribution in [2.24, 2.45) is 10.4 Å². The molecule has 0 amide bonds. The number of hydrogen-bond acceptors (Lipinski definition) is 6. The Bertz CT molecular complexity index is 722. The normalized spacial score (nSPS) is 26.6. The van der Waals surface area contributed by atoms with E-state index in [1.54, 1.807) is 0 Å². The number of methoxy groups -OCH3 is 1. The van der Waals surface area contributed by atoms with Crippen LogP contribution in [0.4, 0.5) is 0 Å². The molecular weight excluding hydrogens is 282 g/mol. The van der Waals surface area contributed by atoms with Crippen LogP contribution in [0.25, 0.3) is 5.57 Å². The lowest BCUT2D eigenvalue weighted by Gasteiger charge is -2.32. The van der Waals surface area contributed by atoms with Crippen LogP contribution in [0, 0.1) is 19.3 Å². The summed E-state index contributed by atoms with van der Waals surface area (Å²) in [5.74, 6) is 1.20. The number of nitrogens with zero attached hydrogens (tertiary/aromatic N) is 2. The minimum absolute atomic E-state index is 0.288. The van der Waals surface area contributed by atoms with Gasteiger partial charge < -0.3 is 14.6 Å². The zero-order valence-electron chi connectivity index (χ0n) is 13.4. The highest BCUT2D eigenvalue weighted by atomic mass is 16.5. The highest BCUT2D eigenvalue weighted by molar-refractivity contribution is 5.93. The quantitative estimate of drug-likeness (QED) is 0.847. The number of allylic oxidation sites excluding steroid dienone is 2. The maximum Gasteiger partial charge on any atom is 0.318 e. The summed E-state index contributed by atoms with van der Waals surface area (Å²) in [5.41, 5.74) is 2.62. The number of aromatic nitrogens is 1. The van der Waals surface area contributed by atoms with E-state index in [2.05, 4.69) is 15.5 Å². The predicted molar refractivity (Wildman–Crippen MR) is 82.2 cm³/mol. The van der Waals surface area contributed by atoms with Crippen LogP contribution in [0.1, 0.15) is 30.9 Å². The van der Waals surface area contributed by atoms with E-state index in [0.717, 1.165) is 34.1 Å². The van der Waals surface area contributed by atoms with Crippen LogP contribution in [-0.4, -0.2) is 30.1 Å². The molecule has 0 aromatic carbocycles. The van der Waals surface area contributed by atoms with Gasteiger partial charge in [-0.3, -0.25) is 9.79 Å². The molecule has 1 aliphatic carbocycles. The van der Waals surface area contributed by atoms with E-state index < -0.39 is 5.41 Å². The van der Waals surface area contributed by atoms with Crippen LogP contribution in [0.5, 0.6) is 0 Å². The molecule has 1 aromatic heterocycles. The van der Waals surface area contributed by atoms with E-state index in [4.69, 9.17) is 9.26 Å². The molecule has 2 aliphatic rings. The predicted octanol–water partition coefficient (Wildman–Crippen LogP) is 2.14. The Morgan fingerprint density at radius 2 is 2.14 bits per heavy atom. The first-order valence-corrected chi connectivity index (χ1v) is 7.14. The summed E-state index contributed by atoms with van der Waals surface area (Å²) in [5, 5.41) is 7.23. The minimum atomic E-state index is -0.866. The molecule has 2 unspecified atom stereocenters. The molecule has 1 aromatic rings. The van der Waals surface area contributed by atoms with E-state index in [1.165, 1.54) is 7.11 Å². The number of ether oxygens (including phenoxy) is 1. The molecule has 0 spiro atoms. The van der Waals surface area contributed by atoms with Gasteiger partial charge in [0.15, 0.2) is 0 Å². The second-order valence-electron chi connectivity index (χ2n) is 5.91. The van der Waals surface area contributed by atoms with E-state index >= 15 is 0 Å². The SMILES string of the molecule is COC(=O)C1(C)C=C(c2c(C)noc2C)C=C2NC(C)=NC21. The van der Waals surface area contributed by atoms with Crippen molar-refractivity contribution in [1.29, 1.82) is 0 Å². The molecule has 2 heterocycles. The molecular formula is C16H19N3O3. The number of aliphatic imine (C=N–C) groups is 1. The van der Waals surface area contributed by atoms with E-state index in [0.29, 0.717) is 0 Å². The van der Waals surface area contributed by atoms with Gasteiger partial charge in [-0.05, 0) is 39.3 Å². The number of amidine groups is 1. The van der Waals surface area contributed by atoms with Gasteiger partial charge in [-0.2, -0.15) is 0 Å². The van der Waals surface area contributed by atoms with Crippen molar-refractivity contribution >= 4 is 17.4 Å². The standard InChI is InChI=1S/C16H19N3O3/c1-8-13(9(2)22-19-8)11-6-12-14(18-10(3)17-12)16(4,7-11)15(20)21-5/h6-7,14H,1-5H3,(H,17,18). The summed E-state index contributed by atoms with van der Waals surface area (Å²) in [6.45, 7) is 7.47. The highest BCUT2D eigenvalue weighted by Crippen LogP contribution is 2.42. The second kappa shape index (κ2) is 4.83. The van der Waals surface area contributed by atoms with Crippen molar-refractivity contribution in [3.63, 3.8) is 0 Å². The van der Waals surface area contributed by atoms with Crippen molar-refractivity contribution < 1.29 is 14.1 Å². The van der Waals surface area contributed by atoms with Gasteiger partial charge in [-0.15, -0.1) is 0 Å². The van der Waals surface area contributed by atoms with Crippen molar-refractivity contribution in [1.82, 2.24) is 10.5 Å². The highest BCUT2D eigenvalue weighted by Gasteiger charge is 2.47. The topological polar surface area (TPSA) is 76.7 Å². The van der Waals surface area contributed by atoms with Crippen molar-refractivity contribution in [2.75, 3.05) is 7.11 Å². The molecule has 22 heavy (non-hydrogen) atoms. The van der Waals surface area contributed by atoms with Crippen LogP contribution < -0.4 is 5.32 Å². The van der Waals surface area contributed by atoms with Gasteiger partial charge in [0.1, 0.15) is 17.2 Å². The third-order valence-corrected chi connectivity index (χ3v) is 4.22. The number of nitrogens with one attached hydrogen (secondary N) is 1. The maximum absolute atomic E-state index is 12.4. The molecule has 0 saturated heterocycles. The average molecular weight is 301 g/mol. The summed E-state index contributed by atoms with van der Waals surface area (Å²) >= 11 is 0. The number of carbonyl (C=O) groups excluding carboxylic acids is 1. The van der Waals surface area contributed by atoms with Crippen molar-refractivity contribution in [3.8, 4) is 0 Å². The summed E-state index contributed by atoms with van der Waals surface area (Å²) in [7, 11) is 1.40. The molecule has 1 aliphatic heterocycles. The Balaban J connectivity index is 2.17. The smallest absolute Gasteiger partial charge is 0.318 e. The van der Waals surface area contributed by atoms with Crippen molar-refractivity contribution in [3.05, 3.63) is 34.9 Å². The number of aryl methyl sites for hydroxylation is 2. The van der Waals surface area contributed by atoms with E-state index in [1.807, 2.05) is 39.8 Å². The van der Waals surface area contributed by atoms with Crippen molar-refractivity contribution in [2.45, 2.75) is 33.7 Å². The van der Waals surface area contributed by atoms with Gasteiger partial charge in [0.2, 0.25) is 0 Å². The third kappa shape index (κ3) is 1.98. The Kier molecular flexibility index (Phi) is 3.20. The summed E-state index contributed by atoms with van der Waals surface area (Å²) in [4.78, 5) is 16.9. The average Bonchev–Trinajstić information content (AvgIpc) is 3.00. The molecule has 1 N–H and O–H groups in total. The Morgan fingerprint density at radius 1 is 1.41 bits per heavy atom. The van der Waals surface area contributed by atoms with Crippen LogP contribution in [0.15, 0.2) is 27.4 Å². The lowest BCUT2D eigenvalue weighted by atomic mass is 9.75. The van der Waals surface area contributed by atoms with Crippen LogP contribution in [-0.2, 0) is 9.53 Å². The number of carbonyl (C=O) groups is 1.